The van der Waals surface area contributed by atoms with E-state index in [9.17, 15) is 9.90 Å². The number of nitrogens with zero attached hydrogens (tertiary/aromatic N) is 1. The lowest BCUT2D eigenvalue weighted by Crippen LogP contribution is -2.17. The van der Waals surface area contributed by atoms with Crippen molar-refractivity contribution in [2.45, 2.75) is 33.1 Å². The van der Waals surface area contributed by atoms with Crippen molar-refractivity contribution in [2.75, 3.05) is 0 Å². The van der Waals surface area contributed by atoms with Gasteiger partial charge in [0, 0.05) is 21.2 Å². The summed E-state index contributed by atoms with van der Waals surface area (Å²) < 4.78 is 0.844. The number of aryl methyl sites for hydroxylation is 1. The van der Waals surface area contributed by atoms with Crippen LogP contribution in [0.4, 0.5) is 0 Å². The van der Waals surface area contributed by atoms with Crippen molar-refractivity contribution in [3.8, 4) is 5.75 Å². The van der Waals surface area contributed by atoms with Crippen LogP contribution in [0.3, 0.4) is 0 Å². The third-order valence-corrected chi connectivity index (χ3v) is 4.02. The van der Waals surface area contributed by atoms with E-state index in [0.717, 1.165) is 15.6 Å². The largest absolute Gasteiger partial charge is 0.507 e. The Morgan fingerprint density at radius 2 is 1.96 bits per heavy atom. The quantitative estimate of drug-likeness (QED) is 0.599. The van der Waals surface area contributed by atoms with Gasteiger partial charge in [0.05, 0.1) is 6.21 Å². The van der Waals surface area contributed by atoms with Gasteiger partial charge in [-0.05, 0) is 36.6 Å². The Kier molecular flexibility index (Phi) is 5.44. The molecule has 0 heterocycles. The minimum Gasteiger partial charge on any atom is -0.507 e. The molecule has 0 saturated carbocycles. The Morgan fingerprint density at radius 1 is 1.25 bits per heavy atom. The molecule has 0 aromatic heterocycles. The number of carbonyl (C=O) groups excluding carboxylic acids is 1. The van der Waals surface area contributed by atoms with Crippen molar-refractivity contribution in [1.82, 2.24) is 5.43 Å². The third-order valence-electron chi connectivity index (χ3n) is 3.56. The van der Waals surface area contributed by atoms with Gasteiger partial charge >= 0.3 is 0 Å². The van der Waals surface area contributed by atoms with Crippen LogP contribution in [0.15, 0.2) is 46.0 Å². The van der Waals surface area contributed by atoms with Gasteiger partial charge in [0.15, 0.2) is 0 Å². The summed E-state index contributed by atoms with van der Waals surface area (Å²) in [5, 5.41) is 14.4. The van der Waals surface area contributed by atoms with E-state index < -0.39 is 0 Å². The second-order valence-electron chi connectivity index (χ2n) is 6.71. The van der Waals surface area contributed by atoms with Gasteiger partial charge in [-0.15, -0.1) is 0 Å². The summed E-state index contributed by atoms with van der Waals surface area (Å²) in [6.45, 7) is 7.99. The Hall–Kier alpha value is -2.14. The molecule has 0 radical (unpaired) electrons. The predicted molar refractivity (Wildman–Crippen MR) is 101 cm³/mol. The van der Waals surface area contributed by atoms with Gasteiger partial charge in [-0.25, -0.2) is 5.43 Å². The normalized spacial score (nSPS) is 11.7. The number of phenols is 1. The number of benzene rings is 2. The maximum absolute atomic E-state index is 12.1. The second kappa shape index (κ2) is 7.18. The summed E-state index contributed by atoms with van der Waals surface area (Å²) in [5.41, 5.74) is 5.17. The standard InChI is InChI=1S/C19H21BrN2O2/c1-12-6-5-7-13(8-12)18(24)22-21-11-14-9-15(20)10-16(17(14)23)19(2,3)4/h5-11,23H,1-4H3,(H,22,24)/b21-11-. The van der Waals surface area contributed by atoms with Gasteiger partial charge in [-0.2, -0.15) is 5.10 Å². The van der Waals surface area contributed by atoms with Crippen molar-refractivity contribution in [3.05, 3.63) is 63.1 Å². The number of hydrogen-bond donors (Lipinski definition) is 2. The molecule has 1 amide bonds. The van der Waals surface area contributed by atoms with Crippen molar-refractivity contribution in [2.24, 2.45) is 5.10 Å². The van der Waals surface area contributed by atoms with Crippen LogP contribution in [0.5, 0.6) is 5.75 Å². The second-order valence-corrected chi connectivity index (χ2v) is 7.63. The number of hydrogen-bond acceptors (Lipinski definition) is 3. The predicted octanol–water partition coefficient (Wildman–Crippen LogP) is 4.52. The van der Waals surface area contributed by atoms with Gasteiger partial charge in [-0.3, -0.25) is 4.79 Å². The zero-order chi connectivity index (χ0) is 17.9. The molecule has 2 N–H and O–H groups in total. The number of phenolic OH excluding ortho intramolecular Hbond substituents is 1. The minimum absolute atomic E-state index is 0.166. The molecule has 5 heteroatoms. The van der Waals surface area contributed by atoms with E-state index in [1.807, 2.05) is 45.9 Å². The lowest BCUT2D eigenvalue weighted by molar-refractivity contribution is 0.0955. The Bertz CT molecular complexity index is 792. The van der Waals surface area contributed by atoms with Crippen molar-refractivity contribution < 1.29 is 9.90 Å². The first-order valence-corrected chi connectivity index (χ1v) is 8.41. The topological polar surface area (TPSA) is 61.7 Å². The smallest absolute Gasteiger partial charge is 0.271 e. The van der Waals surface area contributed by atoms with Gasteiger partial charge in [0.25, 0.3) is 5.91 Å². The first kappa shape index (κ1) is 18.2. The van der Waals surface area contributed by atoms with E-state index in [0.29, 0.717) is 11.1 Å². The van der Waals surface area contributed by atoms with E-state index >= 15 is 0 Å². The van der Waals surface area contributed by atoms with Crippen LogP contribution >= 0.6 is 15.9 Å². The average molecular weight is 389 g/mol. The summed E-state index contributed by atoms with van der Waals surface area (Å²) in [5.74, 6) is -0.125. The highest BCUT2D eigenvalue weighted by molar-refractivity contribution is 9.10. The van der Waals surface area contributed by atoms with Gasteiger partial charge in [-0.1, -0.05) is 54.4 Å². The fraction of sp³-hybridized carbons (Fsp3) is 0.263. The highest BCUT2D eigenvalue weighted by atomic mass is 79.9. The minimum atomic E-state index is -0.291. The van der Waals surface area contributed by atoms with E-state index in [2.05, 4.69) is 26.5 Å². The Morgan fingerprint density at radius 3 is 2.58 bits per heavy atom. The highest BCUT2D eigenvalue weighted by Gasteiger charge is 2.20. The third kappa shape index (κ3) is 4.45. The number of hydrazone groups is 1. The molecule has 2 aromatic rings. The maximum Gasteiger partial charge on any atom is 0.271 e. The van der Waals surface area contributed by atoms with Crippen LogP contribution < -0.4 is 5.43 Å². The van der Waals surface area contributed by atoms with E-state index in [1.54, 1.807) is 18.2 Å². The lowest BCUT2D eigenvalue weighted by atomic mass is 9.85. The molecular formula is C19H21BrN2O2. The van der Waals surface area contributed by atoms with Crippen LogP contribution in [-0.4, -0.2) is 17.2 Å². The van der Waals surface area contributed by atoms with Gasteiger partial charge in [0.1, 0.15) is 5.75 Å². The van der Waals surface area contributed by atoms with Crippen molar-refractivity contribution >= 4 is 28.1 Å². The molecule has 0 bridgehead atoms. The fourth-order valence-electron chi connectivity index (χ4n) is 2.30. The van der Waals surface area contributed by atoms with E-state index in [-0.39, 0.29) is 17.1 Å². The molecule has 2 rings (SSSR count). The number of nitrogens with one attached hydrogen (secondary N) is 1. The summed E-state index contributed by atoms with van der Waals surface area (Å²) >= 11 is 3.45. The molecule has 0 aliphatic rings. The molecule has 2 aromatic carbocycles. The molecule has 24 heavy (non-hydrogen) atoms. The lowest BCUT2D eigenvalue weighted by Gasteiger charge is -2.21. The number of rotatable bonds is 3. The van der Waals surface area contributed by atoms with Gasteiger partial charge < -0.3 is 5.11 Å². The molecule has 0 unspecified atom stereocenters. The molecule has 0 aliphatic carbocycles. The molecular weight excluding hydrogens is 368 g/mol. The SMILES string of the molecule is Cc1cccc(C(=O)N/N=C\c2cc(Br)cc(C(C)(C)C)c2O)c1. The maximum atomic E-state index is 12.1. The fourth-order valence-corrected chi connectivity index (χ4v) is 2.78. The van der Waals surface area contributed by atoms with Gasteiger partial charge in [0.2, 0.25) is 0 Å². The average Bonchev–Trinajstić information content (AvgIpc) is 2.49. The van der Waals surface area contributed by atoms with Crippen molar-refractivity contribution in [3.63, 3.8) is 0 Å². The first-order chi connectivity index (χ1) is 11.2. The Balaban J connectivity index is 2.21. The molecule has 0 aliphatic heterocycles. The molecule has 4 nitrogen and oxygen atoms in total. The first-order valence-electron chi connectivity index (χ1n) is 7.61. The van der Waals surface area contributed by atoms with E-state index in [1.165, 1.54) is 6.21 Å². The van der Waals surface area contributed by atoms with Crippen LogP contribution in [0, 0.1) is 6.92 Å². The van der Waals surface area contributed by atoms with Crippen LogP contribution in [0.1, 0.15) is 47.8 Å². The van der Waals surface area contributed by atoms with Crippen LogP contribution in [-0.2, 0) is 5.41 Å². The summed E-state index contributed by atoms with van der Waals surface area (Å²) in [6.07, 6.45) is 1.45. The summed E-state index contributed by atoms with van der Waals surface area (Å²) in [7, 11) is 0. The number of carbonyl (C=O) groups is 1. The number of amides is 1. The van der Waals surface area contributed by atoms with E-state index in [4.69, 9.17) is 0 Å². The Labute approximate surface area is 150 Å². The molecule has 0 saturated heterocycles. The molecule has 0 spiro atoms. The molecule has 0 atom stereocenters. The highest BCUT2D eigenvalue weighted by Crippen LogP contribution is 2.35. The number of halogens is 1. The zero-order valence-electron chi connectivity index (χ0n) is 14.2. The molecule has 126 valence electrons. The zero-order valence-corrected chi connectivity index (χ0v) is 15.8. The summed E-state index contributed by atoms with van der Waals surface area (Å²) in [6, 6.07) is 10.9. The van der Waals surface area contributed by atoms with Crippen LogP contribution in [0.2, 0.25) is 0 Å². The van der Waals surface area contributed by atoms with Crippen molar-refractivity contribution in [1.29, 1.82) is 0 Å². The molecule has 0 fully saturated rings. The van der Waals surface area contributed by atoms with Crippen LogP contribution in [0.25, 0.3) is 0 Å². The monoisotopic (exact) mass is 388 g/mol. The number of aromatic hydroxyl groups is 1. The summed E-state index contributed by atoms with van der Waals surface area (Å²) in [4.78, 5) is 12.1.